The van der Waals surface area contributed by atoms with Gasteiger partial charge >= 0.3 is 0 Å². The predicted octanol–water partition coefficient (Wildman–Crippen LogP) is 1.29. The predicted molar refractivity (Wildman–Crippen MR) is 34.8 cm³/mol. The van der Waals surface area contributed by atoms with Crippen molar-refractivity contribution in [2.75, 3.05) is 0 Å². The van der Waals surface area contributed by atoms with Crippen molar-refractivity contribution in [3.8, 4) is 23.0 Å². The van der Waals surface area contributed by atoms with Crippen LogP contribution < -0.4 is 0 Å². The van der Waals surface area contributed by atoms with Gasteiger partial charge in [0.05, 0.1) is 0 Å². The van der Waals surface area contributed by atoms with E-state index in [1.165, 1.54) is 0 Å². The minimum absolute atomic E-state index is 0.864. The van der Waals surface area contributed by atoms with E-state index in [2.05, 4.69) is 35.6 Å². The van der Waals surface area contributed by atoms with E-state index in [-0.39, 0.29) is 0 Å². The lowest BCUT2D eigenvalue weighted by Crippen LogP contribution is -1.49. The Kier molecular flexibility index (Phi) is 5.06. The summed E-state index contributed by atoms with van der Waals surface area (Å²) in [5, 5.41) is 2.37. The van der Waals surface area contributed by atoms with Crippen LogP contribution in [0.4, 0.5) is 0 Å². The van der Waals surface area contributed by atoms with Gasteiger partial charge in [-0.25, -0.2) is 0 Å². The second-order valence-electron chi connectivity index (χ2n) is 0.892. The van der Waals surface area contributed by atoms with Crippen molar-refractivity contribution in [1.29, 1.82) is 0 Å². The van der Waals surface area contributed by atoms with Gasteiger partial charge in [-0.15, -0.1) is 0 Å². The smallest absolute Gasteiger partial charge is 0.00704 e. The summed E-state index contributed by atoms with van der Waals surface area (Å²) < 4.78 is 0. The second-order valence-corrected chi connectivity index (χ2v) is 1.12. The van der Waals surface area contributed by atoms with Crippen molar-refractivity contribution in [2.45, 2.75) is 13.3 Å². The molecule has 0 saturated heterocycles. The van der Waals surface area contributed by atoms with Gasteiger partial charge in [0.1, 0.15) is 0 Å². The highest BCUT2D eigenvalue weighted by molar-refractivity contribution is 7.85. The Balaban J connectivity index is 3.39. The summed E-state index contributed by atoms with van der Waals surface area (Å²) >= 11 is 3.63. The highest BCUT2D eigenvalue weighted by atomic mass is 32.1. The zero-order valence-corrected chi connectivity index (χ0v) is 5.05. The summed E-state index contributed by atoms with van der Waals surface area (Å²) in [6, 6.07) is 0. The molecule has 0 aliphatic heterocycles. The van der Waals surface area contributed by atoms with Gasteiger partial charge < -0.3 is 0 Å². The van der Waals surface area contributed by atoms with E-state index in [4.69, 9.17) is 0 Å². The molecule has 0 rings (SSSR count). The number of thiol groups is 1. The molecule has 7 heavy (non-hydrogen) atoms. The zero-order chi connectivity index (χ0) is 5.54. The molecule has 0 N–H and O–H groups in total. The third-order valence-electron chi connectivity index (χ3n) is 0.384. The van der Waals surface area contributed by atoms with Crippen LogP contribution in [0.15, 0.2) is 0 Å². The summed E-state index contributed by atoms with van der Waals surface area (Å²) in [5.41, 5.74) is 0. The van der Waals surface area contributed by atoms with E-state index < -0.39 is 0 Å². The van der Waals surface area contributed by atoms with E-state index >= 15 is 0 Å². The van der Waals surface area contributed by atoms with Crippen LogP contribution in [0.2, 0.25) is 0 Å². The van der Waals surface area contributed by atoms with Gasteiger partial charge in [0.2, 0.25) is 0 Å². The zero-order valence-electron chi connectivity index (χ0n) is 4.15. The molecule has 0 atom stereocenters. The Morgan fingerprint density at radius 1 is 1.43 bits per heavy atom. The van der Waals surface area contributed by atoms with Gasteiger partial charge in [0.15, 0.2) is 0 Å². The highest BCUT2D eigenvalue weighted by Crippen LogP contribution is 1.65. The Morgan fingerprint density at radius 2 is 2.14 bits per heavy atom. The lowest BCUT2D eigenvalue weighted by molar-refractivity contribution is 1.28. The Hall–Kier alpha value is -0.530. The lowest BCUT2D eigenvalue weighted by Gasteiger charge is -1.59. The third-order valence-corrected chi connectivity index (χ3v) is 0.495. The molecule has 0 heterocycles. The molecule has 0 amide bonds. The minimum atomic E-state index is 0.864. The maximum atomic E-state index is 3.63. The first-order valence-electron chi connectivity index (χ1n) is 2.03. The first kappa shape index (κ1) is 6.47. The minimum Gasteiger partial charge on any atom is -0.0912 e. The summed E-state index contributed by atoms with van der Waals surface area (Å²) in [6.45, 7) is 1.98. The first-order valence-corrected chi connectivity index (χ1v) is 2.48. The monoisotopic (exact) mass is 110 g/mol. The molecular weight excluding hydrogens is 104 g/mol. The topological polar surface area (TPSA) is 0 Å². The van der Waals surface area contributed by atoms with E-state index in [0.717, 1.165) is 6.42 Å². The summed E-state index contributed by atoms with van der Waals surface area (Å²) in [4.78, 5) is 0. The average Bonchev–Trinajstić information content (AvgIpc) is 1.69. The average molecular weight is 110 g/mol. The fourth-order valence-corrected chi connectivity index (χ4v) is 0.216. The molecule has 0 saturated carbocycles. The van der Waals surface area contributed by atoms with E-state index in [0.29, 0.717) is 0 Å². The van der Waals surface area contributed by atoms with Gasteiger partial charge in [0, 0.05) is 6.42 Å². The second kappa shape index (κ2) is 5.47. The van der Waals surface area contributed by atoms with Crippen LogP contribution in [-0.4, -0.2) is 0 Å². The number of hydrogen-bond acceptors (Lipinski definition) is 1. The molecule has 0 spiro atoms. The third kappa shape index (κ3) is 5.47. The molecule has 0 fully saturated rings. The largest absolute Gasteiger partial charge is 0.0912 e. The molecular formula is C6H6S. The Bertz CT molecular complexity index is 137. The van der Waals surface area contributed by atoms with Gasteiger partial charge in [0.25, 0.3) is 0 Å². The molecule has 0 aromatic rings. The summed E-state index contributed by atoms with van der Waals surface area (Å²) in [7, 11) is 0. The summed E-state index contributed by atoms with van der Waals surface area (Å²) in [5.74, 6) is 7.88. The van der Waals surface area contributed by atoms with Crippen molar-refractivity contribution < 1.29 is 0 Å². The molecule has 36 valence electrons. The molecule has 0 unspecified atom stereocenters. The molecule has 1 heteroatoms. The fourth-order valence-electron chi connectivity index (χ4n) is 0.161. The first-order chi connectivity index (χ1) is 3.41. The fraction of sp³-hybridized carbons (Fsp3) is 0.333. The van der Waals surface area contributed by atoms with Crippen molar-refractivity contribution in [3.63, 3.8) is 0 Å². The van der Waals surface area contributed by atoms with Gasteiger partial charge in [-0.2, -0.15) is 0 Å². The summed E-state index contributed by atoms with van der Waals surface area (Å²) in [6.07, 6.45) is 0.864. The van der Waals surface area contributed by atoms with Crippen molar-refractivity contribution in [2.24, 2.45) is 0 Å². The highest BCUT2D eigenvalue weighted by Gasteiger charge is 1.53. The van der Waals surface area contributed by atoms with Gasteiger partial charge in [-0.3, -0.25) is 0 Å². The van der Waals surface area contributed by atoms with Crippen molar-refractivity contribution in [1.82, 2.24) is 0 Å². The van der Waals surface area contributed by atoms with E-state index in [1.54, 1.807) is 0 Å². The standard InChI is InChI=1S/C6H6S/c1-2-3-4-5-6-7/h7H,2H2,1H3. The van der Waals surface area contributed by atoms with E-state index in [9.17, 15) is 0 Å². The SMILES string of the molecule is CCC#CC#CS. The number of hydrogen-bond donors (Lipinski definition) is 1. The normalized spacial score (nSPS) is 4.86. The molecule has 0 aliphatic rings. The van der Waals surface area contributed by atoms with Gasteiger partial charge in [-0.1, -0.05) is 25.5 Å². The molecule has 0 bridgehead atoms. The lowest BCUT2D eigenvalue weighted by atomic mass is 10.5. The maximum absolute atomic E-state index is 3.63. The van der Waals surface area contributed by atoms with Crippen LogP contribution in [0, 0.1) is 23.0 Å². The molecule has 0 aromatic heterocycles. The molecule has 0 radical (unpaired) electrons. The maximum Gasteiger partial charge on any atom is 0.00704 e. The van der Waals surface area contributed by atoms with Crippen LogP contribution in [0.1, 0.15) is 13.3 Å². The van der Waals surface area contributed by atoms with Crippen molar-refractivity contribution in [3.05, 3.63) is 0 Å². The van der Waals surface area contributed by atoms with Gasteiger partial charge in [-0.05, 0) is 17.1 Å². The van der Waals surface area contributed by atoms with Crippen LogP contribution in [-0.2, 0) is 0 Å². The van der Waals surface area contributed by atoms with Crippen LogP contribution >= 0.6 is 12.6 Å². The molecule has 0 nitrogen and oxygen atoms in total. The van der Waals surface area contributed by atoms with Crippen LogP contribution in [0.3, 0.4) is 0 Å². The Labute approximate surface area is 49.7 Å². The quantitative estimate of drug-likeness (QED) is 0.352. The van der Waals surface area contributed by atoms with Crippen LogP contribution in [0.5, 0.6) is 0 Å². The Morgan fingerprint density at radius 3 is 2.57 bits per heavy atom. The molecule has 0 aromatic carbocycles. The number of rotatable bonds is 0. The molecule has 0 aliphatic carbocycles. The van der Waals surface area contributed by atoms with E-state index in [1.807, 2.05) is 6.92 Å². The van der Waals surface area contributed by atoms with Crippen molar-refractivity contribution >= 4 is 12.6 Å². The van der Waals surface area contributed by atoms with Crippen LogP contribution in [0.25, 0.3) is 0 Å².